The molecule has 2 bridgehead atoms. The van der Waals surface area contributed by atoms with E-state index < -0.39 is 0 Å². The van der Waals surface area contributed by atoms with E-state index in [0.29, 0.717) is 24.3 Å². The molecule has 2 aliphatic rings. The van der Waals surface area contributed by atoms with Crippen LogP contribution in [-0.4, -0.2) is 56.4 Å². The van der Waals surface area contributed by atoms with Gasteiger partial charge in [0.2, 0.25) is 5.95 Å². The molecule has 0 saturated carbocycles. The van der Waals surface area contributed by atoms with Crippen LogP contribution in [0.5, 0.6) is 0 Å². The fraction of sp³-hybridized carbons (Fsp3) is 0.714. The third kappa shape index (κ3) is 7.67. The van der Waals surface area contributed by atoms with Crippen molar-refractivity contribution in [3.8, 4) is 6.07 Å². The number of hydrogen-bond acceptors (Lipinski definition) is 7. The van der Waals surface area contributed by atoms with E-state index >= 15 is 0 Å². The Labute approximate surface area is 217 Å². The summed E-state index contributed by atoms with van der Waals surface area (Å²) in [6.07, 6.45) is 20.6. The zero-order valence-corrected chi connectivity index (χ0v) is 22.3. The standard InChI is InChI=1S/C28H44N8/c1-23(14-16-29)36-18-10-8-6-4-3-5-7-9-11-24-12-13-26(36)22-35(20-24)27-15-17-30-28(33-27)32-25-19-31-34(2)21-25/h15,17,19,21,23-24,26H,3-14,18,20,22H2,1-2H3,(H,30,32,33)/t23?,24-,26+/m0/s1. The van der Waals surface area contributed by atoms with Crippen LogP contribution in [-0.2, 0) is 7.05 Å². The minimum Gasteiger partial charge on any atom is -0.355 e. The Morgan fingerprint density at radius 1 is 1.06 bits per heavy atom. The number of anilines is 3. The minimum atomic E-state index is 0.280. The summed E-state index contributed by atoms with van der Waals surface area (Å²) < 4.78 is 1.77. The van der Waals surface area contributed by atoms with Crippen LogP contribution < -0.4 is 10.2 Å². The first-order valence-electron chi connectivity index (χ1n) is 14.1. The van der Waals surface area contributed by atoms with Gasteiger partial charge in [-0.25, -0.2) is 4.98 Å². The Bertz CT molecular complexity index is 966. The van der Waals surface area contributed by atoms with E-state index in [9.17, 15) is 5.26 Å². The van der Waals surface area contributed by atoms with Crippen molar-refractivity contribution in [1.29, 1.82) is 5.26 Å². The lowest BCUT2D eigenvalue weighted by Gasteiger charge is -2.37. The third-order valence-corrected chi connectivity index (χ3v) is 7.94. The second-order valence-corrected chi connectivity index (χ2v) is 10.8. The Morgan fingerprint density at radius 2 is 1.83 bits per heavy atom. The Morgan fingerprint density at radius 3 is 2.58 bits per heavy atom. The van der Waals surface area contributed by atoms with Crippen molar-refractivity contribution in [2.24, 2.45) is 13.0 Å². The maximum Gasteiger partial charge on any atom is 0.229 e. The van der Waals surface area contributed by atoms with Crippen molar-refractivity contribution < 1.29 is 0 Å². The molecule has 2 aromatic heterocycles. The van der Waals surface area contributed by atoms with Gasteiger partial charge in [0.1, 0.15) is 5.82 Å². The number of nitrogens with one attached hydrogen (secondary N) is 1. The molecule has 0 spiro atoms. The van der Waals surface area contributed by atoms with Gasteiger partial charge in [-0.1, -0.05) is 44.9 Å². The van der Waals surface area contributed by atoms with Gasteiger partial charge in [-0.05, 0) is 51.1 Å². The average Bonchev–Trinajstić information content (AvgIpc) is 3.15. The van der Waals surface area contributed by atoms with Crippen LogP contribution >= 0.6 is 0 Å². The van der Waals surface area contributed by atoms with Crippen LogP contribution in [0.25, 0.3) is 0 Å². The van der Waals surface area contributed by atoms with Crippen LogP contribution in [0.2, 0.25) is 0 Å². The van der Waals surface area contributed by atoms with E-state index in [1.807, 2.05) is 19.4 Å². The molecule has 2 fully saturated rings. The third-order valence-electron chi connectivity index (χ3n) is 7.94. The lowest BCUT2D eigenvalue weighted by atomic mass is 9.94. The second-order valence-electron chi connectivity index (χ2n) is 10.8. The quantitative estimate of drug-likeness (QED) is 0.576. The van der Waals surface area contributed by atoms with Crippen molar-refractivity contribution in [2.75, 3.05) is 29.9 Å². The summed E-state index contributed by atoms with van der Waals surface area (Å²) in [7, 11) is 1.90. The smallest absolute Gasteiger partial charge is 0.229 e. The van der Waals surface area contributed by atoms with Crippen LogP contribution in [0.4, 0.5) is 17.5 Å². The van der Waals surface area contributed by atoms with Gasteiger partial charge >= 0.3 is 0 Å². The molecule has 4 heterocycles. The summed E-state index contributed by atoms with van der Waals surface area (Å²) in [6, 6.07) is 5.20. The van der Waals surface area contributed by atoms with E-state index in [1.165, 1.54) is 70.6 Å². The number of rotatable bonds is 5. The highest BCUT2D eigenvalue weighted by Gasteiger charge is 2.31. The van der Waals surface area contributed by atoms with Crippen molar-refractivity contribution in [3.63, 3.8) is 0 Å². The molecule has 196 valence electrons. The zero-order valence-electron chi connectivity index (χ0n) is 22.3. The predicted molar refractivity (Wildman–Crippen MR) is 145 cm³/mol. The number of aryl methyl sites for hydroxylation is 1. The lowest BCUT2D eigenvalue weighted by Crippen LogP contribution is -2.48. The lowest BCUT2D eigenvalue weighted by molar-refractivity contribution is 0.137. The molecule has 0 aromatic carbocycles. The van der Waals surface area contributed by atoms with E-state index in [4.69, 9.17) is 4.98 Å². The second kappa shape index (κ2) is 13.6. The molecule has 0 radical (unpaired) electrons. The van der Waals surface area contributed by atoms with Crippen LogP contribution in [0.1, 0.15) is 84.0 Å². The average molecular weight is 493 g/mol. The molecule has 0 amide bonds. The maximum absolute atomic E-state index is 9.47. The fourth-order valence-corrected chi connectivity index (χ4v) is 5.95. The van der Waals surface area contributed by atoms with Crippen LogP contribution in [0, 0.1) is 17.2 Å². The molecule has 3 atom stereocenters. The van der Waals surface area contributed by atoms with E-state index in [2.05, 4.69) is 44.3 Å². The van der Waals surface area contributed by atoms with Gasteiger partial charge in [-0.3, -0.25) is 9.58 Å². The van der Waals surface area contributed by atoms with Crippen molar-refractivity contribution in [3.05, 3.63) is 24.7 Å². The van der Waals surface area contributed by atoms with Gasteiger partial charge in [-0.15, -0.1) is 0 Å². The molecular formula is C28H44N8. The monoisotopic (exact) mass is 492 g/mol. The molecule has 36 heavy (non-hydrogen) atoms. The summed E-state index contributed by atoms with van der Waals surface area (Å²) in [4.78, 5) is 14.5. The first-order valence-corrected chi connectivity index (χ1v) is 14.1. The molecule has 1 unspecified atom stereocenters. The largest absolute Gasteiger partial charge is 0.355 e. The Balaban J connectivity index is 1.56. The predicted octanol–water partition coefficient (Wildman–Crippen LogP) is 5.67. The maximum atomic E-state index is 9.47. The molecule has 1 N–H and O–H groups in total. The number of fused-ring (bicyclic) bond motifs is 3. The van der Waals surface area contributed by atoms with Gasteiger partial charge < -0.3 is 10.2 Å². The highest BCUT2D eigenvalue weighted by Crippen LogP contribution is 2.29. The number of aromatic nitrogens is 4. The molecule has 8 nitrogen and oxygen atoms in total. The van der Waals surface area contributed by atoms with Gasteiger partial charge in [0, 0.05) is 44.6 Å². The molecular weight excluding hydrogens is 448 g/mol. The van der Waals surface area contributed by atoms with Gasteiger partial charge in [-0.2, -0.15) is 15.3 Å². The highest BCUT2D eigenvalue weighted by molar-refractivity contribution is 5.53. The molecule has 4 rings (SSSR count). The summed E-state index contributed by atoms with van der Waals surface area (Å²) in [5.41, 5.74) is 0.888. The van der Waals surface area contributed by atoms with E-state index in [0.717, 1.165) is 31.1 Å². The number of nitrogens with zero attached hydrogens (tertiary/aromatic N) is 7. The first-order chi connectivity index (χ1) is 17.6. The van der Waals surface area contributed by atoms with Gasteiger partial charge in [0.25, 0.3) is 0 Å². The summed E-state index contributed by atoms with van der Waals surface area (Å²) in [5, 5.41) is 17.0. The molecule has 2 aromatic rings. The molecule has 2 saturated heterocycles. The van der Waals surface area contributed by atoms with E-state index in [1.54, 1.807) is 10.9 Å². The molecule has 0 aliphatic carbocycles. The highest BCUT2D eigenvalue weighted by atomic mass is 15.3. The Hall–Kier alpha value is -2.66. The zero-order chi connectivity index (χ0) is 25.2. The van der Waals surface area contributed by atoms with Gasteiger partial charge in [0.05, 0.1) is 24.4 Å². The molecule has 8 heteroatoms. The number of hydrogen-bond donors (Lipinski definition) is 1. The SMILES string of the molecule is CC(CC#N)N1CCCCCCCCCC[C@H]2CC[C@@H]1CN(c1ccnc(Nc3cnn(C)c3)n1)C2. The minimum absolute atomic E-state index is 0.280. The van der Waals surface area contributed by atoms with Crippen LogP contribution in [0.3, 0.4) is 0 Å². The van der Waals surface area contributed by atoms with Crippen LogP contribution in [0.15, 0.2) is 24.7 Å². The van der Waals surface area contributed by atoms with Gasteiger partial charge in [0.15, 0.2) is 0 Å². The normalized spacial score (nSPS) is 23.8. The fourth-order valence-electron chi connectivity index (χ4n) is 5.95. The van der Waals surface area contributed by atoms with Crippen molar-refractivity contribution >= 4 is 17.5 Å². The number of nitriles is 1. The summed E-state index contributed by atoms with van der Waals surface area (Å²) in [6.45, 7) is 5.32. The topological polar surface area (TPSA) is 85.9 Å². The van der Waals surface area contributed by atoms with Crippen molar-refractivity contribution in [2.45, 2.75) is 96.1 Å². The summed E-state index contributed by atoms with van der Waals surface area (Å²) >= 11 is 0. The van der Waals surface area contributed by atoms with E-state index in [-0.39, 0.29) is 6.04 Å². The Kier molecular flexibility index (Phi) is 9.97. The molecule has 2 aliphatic heterocycles. The first kappa shape index (κ1) is 26.4. The summed E-state index contributed by atoms with van der Waals surface area (Å²) in [5.74, 6) is 2.27. The van der Waals surface area contributed by atoms with Crippen molar-refractivity contribution in [1.82, 2.24) is 24.6 Å².